The Balaban J connectivity index is 2.31. The van der Waals surface area contributed by atoms with E-state index in [9.17, 15) is 8.78 Å². The maximum absolute atomic E-state index is 12.1. The van der Waals surface area contributed by atoms with Crippen LogP contribution in [0.25, 0.3) is 0 Å². The van der Waals surface area contributed by atoms with E-state index in [1.807, 2.05) is 0 Å². The Labute approximate surface area is 59.8 Å². The molecule has 1 nitrogen and oxygen atoms in total. The highest BCUT2D eigenvalue weighted by Crippen LogP contribution is 2.31. The molecular formula is C7H13F2N. The third kappa shape index (κ3) is 1.45. The minimum Gasteiger partial charge on any atom is -0.312 e. The highest BCUT2D eigenvalue weighted by atomic mass is 19.3. The summed E-state index contributed by atoms with van der Waals surface area (Å²) in [6, 6.07) is -0.561. The number of rotatable bonds is 3. The first-order valence-corrected chi connectivity index (χ1v) is 3.71. The van der Waals surface area contributed by atoms with E-state index in [2.05, 4.69) is 5.32 Å². The molecule has 1 unspecified atom stereocenters. The van der Waals surface area contributed by atoms with Crippen molar-refractivity contribution < 1.29 is 8.78 Å². The maximum Gasteiger partial charge on any atom is 0.253 e. The number of hydrogen-bond donors (Lipinski definition) is 1. The first-order valence-electron chi connectivity index (χ1n) is 3.71. The van der Waals surface area contributed by atoms with Crippen LogP contribution in [0.3, 0.4) is 0 Å². The van der Waals surface area contributed by atoms with Crippen LogP contribution in [-0.2, 0) is 0 Å². The monoisotopic (exact) mass is 149 g/mol. The fraction of sp³-hybridized carbons (Fsp3) is 1.00. The summed E-state index contributed by atoms with van der Waals surface area (Å²) in [4.78, 5) is 0. The molecule has 1 aliphatic carbocycles. The second-order valence-electron chi connectivity index (χ2n) is 2.84. The van der Waals surface area contributed by atoms with E-state index >= 15 is 0 Å². The Bertz CT molecular complexity index is 102. The van der Waals surface area contributed by atoms with Gasteiger partial charge in [-0.25, -0.2) is 8.78 Å². The fourth-order valence-electron chi connectivity index (χ4n) is 1.37. The maximum atomic E-state index is 12.1. The van der Waals surface area contributed by atoms with Crippen molar-refractivity contribution in [3.05, 3.63) is 0 Å². The largest absolute Gasteiger partial charge is 0.312 e. The van der Waals surface area contributed by atoms with Crippen molar-refractivity contribution in [1.29, 1.82) is 0 Å². The molecule has 0 spiro atoms. The van der Waals surface area contributed by atoms with E-state index in [0.29, 0.717) is 0 Å². The molecule has 0 amide bonds. The lowest BCUT2D eigenvalue weighted by molar-refractivity contribution is 0.0492. The lowest BCUT2D eigenvalue weighted by Crippen LogP contribution is -2.42. The molecule has 1 atom stereocenters. The third-order valence-electron chi connectivity index (χ3n) is 2.26. The minimum atomic E-state index is -2.20. The summed E-state index contributed by atoms with van der Waals surface area (Å²) in [6.45, 7) is 0. The van der Waals surface area contributed by atoms with Gasteiger partial charge >= 0.3 is 0 Å². The van der Waals surface area contributed by atoms with Crippen LogP contribution in [-0.4, -0.2) is 19.5 Å². The zero-order valence-corrected chi connectivity index (χ0v) is 6.11. The van der Waals surface area contributed by atoms with Crippen molar-refractivity contribution in [2.75, 3.05) is 7.05 Å². The normalized spacial score (nSPS) is 22.8. The van der Waals surface area contributed by atoms with E-state index in [0.717, 1.165) is 19.3 Å². The molecule has 10 heavy (non-hydrogen) atoms. The Morgan fingerprint density at radius 1 is 1.40 bits per heavy atom. The lowest BCUT2D eigenvalue weighted by Gasteiger charge is -2.32. The molecule has 0 aromatic rings. The van der Waals surface area contributed by atoms with Crippen molar-refractivity contribution in [3.63, 3.8) is 0 Å². The van der Waals surface area contributed by atoms with Gasteiger partial charge in [0.1, 0.15) is 0 Å². The molecule has 0 heterocycles. The quantitative estimate of drug-likeness (QED) is 0.643. The Morgan fingerprint density at radius 3 is 2.10 bits per heavy atom. The summed E-state index contributed by atoms with van der Waals surface area (Å²) in [5.74, 6) is 0.227. The molecule has 0 aromatic heterocycles. The zero-order chi connectivity index (χ0) is 7.56. The first kappa shape index (κ1) is 7.92. The highest BCUT2D eigenvalue weighted by molar-refractivity contribution is 4.83. The summed E-state index contributed by atoms with van der Waals surface area (Å²) in [5.41, 5.74) is 0. The Kier molecular flexibility index (Phi) is 2.60. The molecule has 0 bridgehead atoms. The Morgan fingerprint density at radius 2 is 2.00 bits per heavy atom. The van der Waals surface area contributed by atoms with Crippen LogP contribution in [0, 0.1) is 5.92 Å². The molecule has 0 aromatic carbocycles. The van der Waals surface area contributed by atoms with Crippen molar-refractivity contribution in [2.45, 2.75) is 31.7 Å². The Hall–Kier alpha value is -0.180. The van der Waals surface area contributed by atoms with Crippen molar-refractivity contribution in [3.8, 4) is 0 Å². The van der Waals surface area contributed by atoms with Crippen LogP contribution in [0.5, 0.6) is 0 Å². The van der Waals surface area contributed by atoms with Crippen LogP contribution < -0.4 is 5.32 Å². The van der Waals surface area contributed by atoms with Crippen molar-refractivity contribution in [2.24, 2.45) is 5.92 Å². The molecular weight excluding hydrogens is 136 g/mol. The predicted octanol–water partition coefficient (Wildman–Crippen LogP) is 1.64. The van der Waals surface area contributed by atoms with Crippen LogP contribution in [0.1, 0.15) is 19.3 Å². The average Bonchev–Trinajstić information content (AvgIpc) is 1.76. The second-order valence-corrected chi connectivity index (χ2v) is 2.84. The van der Waals surface area contributed by atoms with E-state index in [1.165, 1.54) is 0 Å². The molecule has 60 valence electrons. The highest BCUT2D eigenvalue weighted by Gasteiger charge is 2.32. The molecule has 0 radical (unpaired) electrons. The third-order valence-corrected chi connectivity index (χ3v) is 2.26. The fourth-order valence-corrected chi connectivity index (χ4v) is 1.37. The average molecular weight is 149 g/mol. The molecule has 3 heteroatoms. The SMILES string of the molecule is CNC(C(F)F)C1CCC1. The molecule has 1 N–H and O–H groups in total. The van der Waals surface area contributed by atoms with Gasteiger partial charge in [0.05, 0.1) is 6.04 Å². The minimum absolute atomic E-state index is 0.227. The molecule has 1 fully saturated rings. The van der Waals surface area contributed by atoms with Gasteiger partial charge in [-0.15, -0.1) is 0 Å². The van der Waals surface area contributed by atoms with Gasteiger partial charge in [0, 0.05) is 0 Å². The smallest absolute Gasteiger partial charge is 0.253 e. The summed E-state index contributed by atoms with van der Waals surface area (Å²) in [5, 5.41) is 2.65. The van der Waals surface area contributed by atoms with Gasteiger partial charge in [-0.3, -0.25) is 0 Å². The van der Waals surface area contributed by atoms with Crippen molar-refractivity contribution >= 4 is 0 Å². The van der Waals surface area contributed by atoms with Gasteiger partial charge in [0.25, 0.3) is 6.43 Å². The number of nitrogens with one attached hydrogen (secondary N) is 1. The number of alkyl halides is 2. The van der Waals surface area contributed by atoms with Crippen LogP contribution in [0.2, 0.25) is 0 Å². The van der Waals surface area contributed by atoms with Gasteiger partial charge in [-0.2, -0.15) is 0 Å². The zero-order valence-electron chi connectivity index (χ0n) is 6.11. The predicted molar refractivity (Wildman–Crippen MR) is 36.2 cm³/mol. The number of halogens is 2. The molecule has 0 aliphatic heterocycles. The van der Waals surface area contributed by atoms with Gasteiger partial charge in [-0.05, 0) is 25.8 Å². The van der Waals surface area contributed by atoms with Gasteiger partial charge in [0.2, 0.25) is 0 Å². The number of hydrogen-bond acceptors (Lipinski definition) is 1. The topological polar surface area (TPSA) is 12.0 Å². The van der Waals surface area contributed by atoms with Gasteiger partial charge in [-0.1, -0.05) is 6.42 Å². The van der Waals surface area contributed by atoms with Crippen molar-refractivity contribution in [1.82, 2.24) is 5.32 Å². The lowest BCUT2D eigenvalue weighted by atomic mass is 9.80. The molecule has 0 saturated heterocycles. The van der Waals surface area contributed by atoms with Gasteiger partial charge < -0.3 is 5.32 Å². The van der Waals surface area contributed by atoms with Crippen LogP contribution in [0.15, 0.2) is 0 Å². The first-order chi connectivity index (χ1) is 4.75. The standard InChI is InChI=1S/C7H13F2N/c1-10-6(7(8)9)5-3-2-4-5/h5-7,10H,2-4H2,1H3. The molecule has 1 saturated carbocycles. The summed E-state index contributed by atoms with van der Waals surface area (Å²) >= 11 is 0. The van der Waals surface area contributed by atoms with E-state index in [-0.39, 0.29) is 5.92 Å². The summed E-state index contributed by atoms with van der Waals surface area (Å²) in [7, 11) is 1.61. The van der Waals surface area contributed by atoms with Crippen LogP contribution >= 0.6 is 0 Å². The molecule has 1 rings (SSSR count). The second kappa shape index (κ2) is 3.28. The van der Waals surface area contributed by atoms with Crippen LogP contribution in [0.4, 0.5) is 8.78 Å². The summed E-state index contributed by atoms with van der Waals surface area (Å²) in [6.07, 6.45) is 0.858. The van der Waals surface area contributed by atoms with E-state index < -0.39 is 12.5 Å². The van der Waals surface area contributed by atoms with Gasteiger partial charge in [0.15, 0.2) is 0 Å². The van der Waals surface area contributed by atoms with E-state index in [1.54, 1.807) is 7.05 Å². The molecule has 1 aliphatic rings. The summed E-state index contributed by atoms with van der Waals surface area (Å²) < 4.78 is 24.2. The van der Waals surface area contributed by atoms with E-state index in [4.69, 9.17) is 0 Å².